The van der Waals surface area contributed by atoms with Crippen LogP contribution in [-0.4, -0.2) is 25.8 Å². The van der Waals surface area contributed by atoms with Crippen LogP contribution < -0.4 is 0 Å². The van der Waals surface area contributed by atoms with Gasteiger partial charge >= 0.3 is 0 Å². The summed E-state index contributed by atoms with van der Waals surface area (Å²) in [4.78, 5) is 16.6. The number of rotatable bonds is 2. The fourth-order valence-electron chi connectivity index (χ4n) is 1.68. The molecule has 0 bridgehead atoms. The molecule has 0 atom stereocenters. The Balaban J connectivity index is 2.11. The highest BCUT2D eigenvalue weighted by Gasteiger charge is 2.19. The van der Waals surface area contributed by atoms with E-state index in [-0.39, 0.29) is 5.78 Å². The third-order valence-electron chi connectivity index (χ3n) is 2.57. The van der Waals surface area contributed by atoms with E-state index in [0.717, 1.165) is 10.2 Å². The highest BCUT2D eigenvalue weighted by atomic mass is 79.9. The van der Waals surface area contributed by atoms with Gasteiger partial charge in [-0.2, -0.15) is 0 Å². The average Bonchev–Trinajstić information content (AvgIpc) is 2.94. The molecule has 0 unspecified atom stereocenters. The maximum absolute atomic E-state index is 12.3. The summed E-state index contributed by atoms with van der Waals surface area (Å²) in [7, 11) is 1.68. The normalized spacial score (nSPS) is 11.0. The summed E-state index contributed by atoms with van der Waals surface area (Å²) in [5, 5.41) is 9.55. The number of hydrogen-bond acceptors (Lipinski definition) is 5. The minimum absolute atomic E-state index is 0.142. The lowest BCUT2D eigenvalue weighted by Gasteiger charge is -2.01. The van der Waals surface area contributed by atoms with Crippen LogP contribution in [0.25, 0.3) is 10.2 Å². The van der Waals surface area contributed by atoms with Crippen molar-refractivity contribution in [1.82, 2.24) is 20.0 Å². The summed E-state index contributed by atoms with van der Waals surface area (Å²) >= 11 is 4.78. The van der Waals surface area contributed by atoms with Crippen molar-refractivity contribution in [1.29, 1.82) is 0 Å². The molecule has 0 fully saturated rings. The number of pyridine rings is 1. The quantitative estimate of drug-likeness (QED) is 0.680. The van der Waals surface area contributed by atoms with E-state index in [1.807, 2.05) is 17.5 Å². The van der Waals surface area contributed by atoms with Crippen molar-refractivity contribution in [2.24, 2.45) is 7.05 Å². The molecule has 0 aliphatic rings. The number of carbonyl (C=O) groups is 1. The molecule has 0 aliphatic heterocycles. The average molecular weight is 323 g/mol. The number of hydrogen-bond donors (Lipinski definition) is 0. The molecule has 3 heterocycles. The Morgan fingerprint density at radius 1 is 1.50 bits per heavy atom. The van der Waals surface area contributed by atoms with Crippen LogP contribution in [0.5, 0.6) is 0 Å². The second kappa shape index (κ2) is 4.25. The smallest absolute Gasteiger partial charge is 0.215 e. The van der Waals surface area contributed by atoms with Gasteiger partial charge in [0.15, 0.2) is 4.60 Å². The molecule has 0 saturated heterocycles. The number of aromatic nitrogens is 4. The predicted molar refractivity (Wildman–Crippen MR) is 71.8 cm³/mol. The molecule has 18 heavy (non-hydrogen) atoms. The van der Waals surface area contributed by atoms with Gasteiger partial charge in [-0.05, 0) is 33.4 Å². The first-order valence-corrected chi connectivity index (χ1v) is 6.77. The molecule has 0 saturated carbocycles. The SMILES string of the molecule is Cn1nnc(Br)c1C(=O)c1cnc2ccsc2c1. The zero-order valence-corrected chi connectivity index (χ0v) is 11.7. The summed E-state index contributed by atoms with van der Waals surface area (Å²) in [6.45, 7) is 0. The van der Waals surface area contributed by atoms with Gasteiger partial charge in [0.05, 0.1) is 10.2 Å². The Labute approximate surface area is 115 Å². The van der Waals surface area contributed by atoms with E-state index < -0.39 is 0 Å². The lowest BCUT2D eigenvalue weighted by atomic mass is 10.1. The molecule has 0 spiro atoms. The topological polar surface area (TPSA) is 60.7 Å². The molecular formula is C11H7BrN4OS. The fourth-order valence-corrected chi connectivity index (χ4v) is 2.97. The maximum atomic E-state index is 12.3. The first kappa shape index (κ1) is 11.5. The number of ketones is 1. The maximum Gasteiger partial charge on any atom is 0.215 e. The summed E-state index contributed by atoms with van der Waals surface area (Å²) in [5.41, 5.74) is 1.86. The monoisotopic (exact) mass is 322 g/mol. The van der Waals surface area contributed by atoms with Crippen LogP contribution in [0.2, 0.25) is 0 Å². The number of nitrogens with zero attached hydrogens (tertiary/aromatic N) is 4. The van der Waals surface area contributed by atoms with Crippen molar-refractivity contribution in [2.45, 2.75) is 0 Å². The first-order valence-electron chi connectivity index (χ1n) is 5.10. The second-order valence-corrected chi connectivity index (χ2v) is 5.41. The van der Waals surface area contributed by atoms with E-state index in [9.17, 15) is 4.79 Å². The van der Waals surface area contributed by atoms with E-state index in [4.69, 9.17) is 0 Å². The van der Waals surface area contributed by atoms with Gasteiger partial charge in [-0.1, -0.05) is 5.21 Å². The van der Waals surface area contributed by atoms with Gasteiger partial charge in [0, 0.05) is 18.8 Å². The molecule has 5 nitrogen and oxygen atoms in total. The number of thiophene rings is 1. The molecule has 0 radical (unpaired) electrons. The van der Waals surface area contributed by atoms with E-state index in [1.165, 1.54) is 4.68 Å². The summed E-state index contributed by atoms with van der Waals surface area (Å²) in [5.74, 6) is -0.142. The van der Waals surface area contributed by atoms with Gasteiger partial charge in [0.1, 0.15) is 5.69 Å². The van der Waals surface area contributed by atoms with E-state index >= 15 is 0 Å². The van der Waals surface area contributed by atoms with Crippen LogP contribution in [0.1, 0.15) is 16.1 Å². The van der Waals surface area contributed by atoms with Crippen molar-refractivity contribution in [3.8, 4) is 0 Å². The molecule has 0 aromatic carbocycles. The molecule has 0 amide bonds. The lowest BCUT2D eigenvalue weighted by molar-refractivity contribution is 0.102. The number of aryl methyl sites for hydroxylation is 1. The molecule has 7 heteroatoms. The van der Waals surface area contributed by atoms with Gasteiger partial charge in [-0.15, -0.1) is 16.4 Å². The molecule has 0 aliphatic carbocycles. The molecule has 3 aromatic heterocycles. The van der Waals surface area contributed by atoms with Crippen molar-refractivity contribution in [3.05, 3.63) is 39.6 Å². The largest absolute Gasteiger partial charge is 0.287 e. The van der Waals surface area contributed by atoms with Gasteiger partial charge in [0.2, 0.25) is 5.78 Å². The predicted octanol–water partition coefficient (Wildman–Crippen LogP) is 2.42. The zero-order chi connectivity index (χ0) is 12.7. The Morgan fingerprint density at radius 3 is 3.06 bits per heavy atom. The van der Waals surface area contributed by atoms with E-state index in [0.29, 0.717) is 15.9 Å². The van der Waals surface area contributed by atoms with Gasteiger partial charge < -0.3 is 0 Å². The van der Waals surface area contributed by atoms with Crippen LogP contribution in [0.3, 0.4) is 0 Å². The zero-order valence-electron chi connectivity index (χ0n) is 9.29. The van der Waals surface area contributed by atoms with Gasteiger partial charge in [-0.25, -0.2) is 4.68 Å². The number of fused-ring (bicyclic) bond motifs is 1. The van der Waals surface area contributed by atoms with Crippen LogP contribution in [-0.2, 0) is 7.05 Å². The van der Waals surface area contributed by atoms with Crippen molar-refractivity contribution >= 4 is 43.3 Å². The molecule has 3 rings (SSSR count). The molecule has 0 N–H and O–H groups in total. The summed E-state index contributed by atoms with van der Waals surface area (Å²) < 4.78 is 2.89. The molecule has 90 valence electrons. The fraction of sp³-hybridized carbons (Fsp3) is 0.0909. The van der Waals surface area contributed by atoms with Crippen molar-refractivity contribution in [3.63, 3.8) is 0 Å². The first-order chi connectivity index (χ1) is 8.66. The lowest BCUT2D eigenvalue weighted by Crippen LogP contribution is -2.09. The van der Waals surface area contributed by atoms with Crippen LogP contribution in [0, 0.1) is 0 Å². The Kier molecular flexibility index (Phi) is 2.71. The number of carbonyl (C=O) groups excluding carboxylic acids is 1. The molecular weight excluding hydrogens is 316 g/mol. The Bertz CT molecular complexity index is 729. The highest BCUT2D eigenvalue weighted by molar-refractivity contribution is 9.10. The van der Waals surface area contributed by atoms with Gasteiger partial charge in [0.25, 0.3) is 0 Å². The molecule has 3 aromatic rings. The van der Waals surface area contributed by atoms with Crippen molar-refractivity contribution in [2.75, 3.05) is 0 Å². The van der Waals surface area contributed by atoms with E-state index in [2.05, 4.69) is 31.2 Å². The Morgan fingerprint density at radius 2 is 2.33 bits per heavy atom. The standard InChI is InChI=1S/C11H7BrN4OS/c1-16-9(11(12)14-15-16)10(17)6-4-8-7(13-5-6)2-3-18-8/h2-5H,1H3. The van der Waals surface area contributed by atoms with Crippen molar-refractivity contribution < 1.29 is 4.79 Å². The minimum Gasteiger partial charge on any atom is -0.287 e. The number of halogens is 1. The van der Waals surface area contributed by atoms with Crippen LogP contribution >= 0.6 is 27.3 Å². The summed E-state index contributed by atoms with van der Waals surface area (Å²) in [6, 6.07) is 3.77. The van der Waals surface area contributed by atoms with Crippen LogP contribution in [0.15, 0.2) is 28.3 Å². The van der Waals surface area contributed by atoms with Gasteiger partial charge in [-0.3, -0.25) is 9.78 Å². The third kappa shape index (κ3) is 1.75. The Hall–Kier alpha value is -1.60. The minimum atomic E-state index is -0.142. The van der Waals surface area contributed by atoms with Crippen LogP contribution in [0.4, 0.5) is 0 Å². The highest BCUT2D eigenvalue weighted by Crippen LogP contribution is 2.22. The second-order valence-electron chi connectivity index (χ2n) is 3.71. The van der Waals surface area contributed by atoms with E-state index in [1.54, 1.807) is 24.6 Å². The summed E-state index contributed by atoms with van der Waals surface area (Å²) in [6.07, 6.45) is 1.58. The third-order valence-corrected chi connectivity index (χ3v) is 3.95.